The number of hydrogen-bond acceptors (Lipinski definition) is 4. The summed E-state index contributed by atoms with van der Waals surface area (Å²) in [7, 11) is 0. The average Bonchev–Trinajstić information content (AvgIpc) is 2.51. The van der Waals surface area contributed by atoms with Crippen LogP contribution in [0.5, 0.6) is 5.75 Å². The third-order valence-corrected chi connectivity index (χ3v) is 2.92. The molecule has 0 aliphatic carbocycles. The first-order valence-corrected chi connectivity index (χ1v) is 6.60. The second-order valence-electron chi connectivity index (χ2n) is 4.42. The highest BCUT2D eigenvalue weighted by molar-refractivity contribution is 6.05. The summed E-state index contributed by atoms with van der Waals surface area (Å²) in [6.07, 6.45) is 0. The van der Waals surface area contributed by atoms with Gasteiger partial charge in [0, 0.05) is 11.6 Å². The summed E-state index contributed by atoms with van der Waals surface area (Å²) in [6.45, 7) is 1.87. The van der Waals surface area contributed by atoms with Crippen molar-refractivity contribution in [1.29, 1.82) is 0 Å². The number of carbonyl (C=O) groups is 1. The molecule has 0 aliphatic rings. The third kappa shape index (κ3) is 3.60. The fourth-order valence-electron chi connectivity index (χ4n) is 1.88. The van der Waals surface area contributed by atoms with Crippen LogP contribution in [-0.4, -0.2) is 17.4 Å². The van der Waals surface area contributed by atoms with Gasteiger partial charge in [-0.3, -0.25) is 14.9 Å². The molecule has 0 radical (unpaired) electrons. The van der Waals surface area contributed by atoms with Crippen molar-refractivity contribution in [2.45, 2.75) is 6.92 Å². The molecule has 0 saturated carbocycles. The highest BCUT2D eigenvalue weighted by Crippen LogP contribution is 2.28. The molecule has 0 aliphatic heterocycles. The van der Waals surface area contributed by atoms with Crippen LogP contribution in [0.3, 0.4) is 0 Å². The molecule has 0 heterocycles. The number of rotatable bonds is 5. The molecule has 0 bridgehead atoms. The van der Waals surface area contributed by atoms with E-state index in [0.717, 1.165) is 24.3 Å². The largest absolute Gasteiger partial charge is 0.487 e. The minimum Gasteiger partial charge on any atom is -0.487 e. The number of hydrogen-bond donors (Lipinski definition) is 1. The summed E-state index contributed by atoms with van der Waals surface area (Å²) >= 11 is 0. The Morgan fingerprint density at radius 1 is 1.26 bits per heavy atom. The Bertz CT molecular complexity index is 745. The van der Waals surface area contributed by atoms with Gasteiger partial charge in [0.05, 0.1) is 11.5 Å². The SMILES string of the molecule is CCOc1ccc(C(=O)Nc2c(F)cccc2F)cc1[N+](=O)[O-]. The van der Waals surface area contributed by atoms with Crippen molar-refractivity contribution in [3.63, 3.8) is 0 Å². The quantitative estimate of drug-likeness (QED) is 0.674. The van der Waals surface area contributed by atoms with E-state index in [-0.39, 0.29) is 17.9 Å². The molecule has 0 fully saturated rings. The molecule has 0 atom stereocenters. The van der Waals surface area contributed by atoms with Crippen molar-refractivity contribution in [2.24, 2.45) is 0 Å². The summed E-state index contributed by atoms with van der Waals surface area (Å²) in [4.78, 5) is 22.4. The van der Waals surface area contributed by atoms with Crippen LogP contribution in [0.15, 0.2) is 36.4 Å². The Balaban J connectivity index is 2.33. The van der Waals surface area contributed by atoms with Gasteiger partial charge in [0.1, 0.15) is 17.3 Å². The van der Waals surface area contributed by atoms with Crippen LogP contribution in [0.4, 0.5) is 20.2 Å². The monoisotopic (exact) mass is 322 g/mol. The van der Waals surface area contributed by atoms with E-state index < -0.39 is 33.8 Å². The maximum absolute atomic E-state index is 13.5. The standard InChI is InChI=1S/C15H12F2N2O4/c1-2-23-13-7-6-9(8-12(13)19(21)22)15(20)18-14-10(16)4-3-5-11(14)17/h3-8H,2H2,1H3,(H,18,20). The zero-order valence-corrected chi connectivity index (χ0v) is 12.0. The van der Waals surface area contributed by atoms with Crippen molar-refractivity contribution >= 4 is 17.3 Å². The number of nitro benzene ring substituents is 1. The first-order chi connectivity index (χ1) is 10.9. The van der Waals surface area contributed by atoms with Crippen LogP contribution in [0.25, 0.3) is 0 Å². The van der Waals surface area contributed by atoms with Gasteiger partial charge in [-0.2, -0.15) is 0 Å². The number of benzene rings is 2. The van der Waals surface area contributed by atoms with E-state index in [1.165, 1.54) is 12.1 Å². The fourth-order valence-corrected chi connectivity index (χ4v) is 1.88. The van der Waals surface area contributed by atoms with Crippen molar-refractivity contribution < 1.29 is 23.2 Å². The Labute approximate surface area is 129 Å². The number of nitrogens with one attached hydrogen (secondary N) is 1. The normalized spacial score (nSPS) is 10.2. The Morgan fingerprint density at radius 3 is 2.48 bits per heavy atom. The summed E-state index contributed by atoms with van der Waals surface area (Å²) < 4.78 is 32.1. The van der Waals surface area contributed by atoms with Crippen LogP contribution in [0.2, 0.25) is 0 Å². The molecule has 0 aromatic heterocycles. The molecular formula is C15H12F2N2O4. The zero-order chi connectivity index (χ0) is 17.0. The van der Waals surface area contributed by atoms with Gasteiger partial charge in [-0.15, -0.1) is 0 Å². The Kier molecular flexibility index (Phi) is 4.85. The average molecular weight is 322 g/mol. The van der Waals surface area contributed by atoms with E-state index in [1.807, 2.05) is 0 Å². The van der Waals surface area contributed by atoms with Gasteiger partial charge in [-0.1, -0.05) is 6.07 Å². The van der Waals surface area contributed by atoms with Crippen molar-refractivity contribution in [3.05, 3.63) is 63.7 Å². The first kappa shape index (κ1) is 16.3. The molecule has 0 spiro atoms. The maximum Gasteiger partial charge on any atom is 0.311 e. The lowest BCUT2D eigenvalue weighted by atomic mass is 10.1. The molecule has 8 heteroatoms. The van der Waals surface area contributed by atoms with Crippen LogP contribution in [0, 0.1) is 21.7 Å². The van der Waals surface area contributed by atoms with Gasteiger partial charge < -0.3 is 10.1 Å². The van der Waals surface area contributed by atoms with Gasteiger partial charge in [0.15, 0.2) is 5.75 Å². The van der Waals surface area contributed by atoms with E-state index in [0.29, 0.717) is 0 Å². The molecule has 23 heavy (non-hydrogen) atoms. The number of nitro groups is 1. The van der Waals surface area contributed by atoms with Gasteiger partial charge in [-0.25, -0.2) is 8.78 Å². The highest BCUT2D eigenvalue weighted by atomic mass is 19.1. The van der Waals surface area contributed by atoms with Crippen molar-refractivity contribution in [2.75, 3.05) is 11.9 Å². The number of amides is 1. The number of para-hydroxylation sites is 1. The molecule has 0 unspecified atom stereocenters. The molecule has 120 valence electrons. The molecule has 0 saturated heterocycles. The van der Waals surface area contributed by atoms with Gasteiger partial charge in [-0.05, 0) is 31.2 Å². The van der Waals surface area contributed by atoms with E-state index in [9.17, 15) is 23.7 Å². The second-order valence-corrected chi connectivity index (χ2v) is 4.42. The predicted octanol–water partition coefficient (Wildman–Crippen LogP) is 3.52. The summed E-state index contributed by atoms with van der Waals surface area (Å²) in [5, 5.41) is 13.1. The third-order valence-electron chi connectivity index (χ3n) is 2.92. The number of nitrogens with zero attached hydrogens (tertiary/aromatic N) is 1. The topological polar surface area (TPSA) is 81.5 Å². The smallest absolute Gasteiger partial charge is 0.311 e. The summed E-state index contributed by atoms with van der Waals surface area (Å²) in [5.74, 6) is -2.76. The van der Waals surface area contributed by atoms with Crippen molar-refractivity contribution in [1.82, 2.24) is 0 Å². The lowest BCUT2D eigenvalue weighted by Gasteiger charge is -2.09. The molecule has 1 N–H and O–H groups in total. The van der Waals surface area contributed by atoms with E-state index in [2.05, 4.69) is 5.32 Å². The van der Waals surface area contributed by atoms with Crippen LogP contribution >= 0.6 is 0 Å². The molecule has 2 aromatic carbocycles. The highest BCUT2D eigenvalue weighted by Gasteiger charge is 2.20. The van der Waals surface area contributed by atoms with E-state index >= 15 is 0 Å². The number of ether oxygens (including phenoxy) is 1. The minimum atomic E-state index is -0.946. The summed E-state index contributed by atoms with van der Waals surface area (Å²) in [5.41, 5.74) is -1.15. The minimum absolute atomic E-state index is 0.00567. The van der Waals surface area contributed by atoms with Crippen LogP contribution in [0.1, 0.15) is 17.3 Å². The number of anilines is 1. The van der Waals surface area contributed by atoms with Crippen LogP contribution in [-0.2, 0) is 0 Å². The number of carbonyl (C=O) groups excluding carboxylic acids is 1. The van der Waals surface area contributed by atoms with Gasteiger partial charge in [0.2, 0.25) is 0 Å². The predicted molar refractivity (Wildman–Crippen MR) is 78.6 cm³/mol. The Morgan fingerprint density at radius 2 is 1.91 bits per heavy atom. The van der Waals surface area contributed by atoms with Crippen LogP contribution < -0.4 is 10.1 Å². The second kappa shape index (κ2) is 6.82. The fraction of sp³-hybridized carbons (Fsp3) is 0.133. The number of halogens is 2. The molecule has 2 aromatic rings. The van der Waals surface area contributed by atoms with E-state index in [1.54, 1.807) is 6.92 Å². The molecule has 2 rings (SSSR count). The molecule has 6 nitrogen and oxygen atoms in total. The maximum atomic E-state index is 13.5. The lowest BCUT2D eigenvalue weighted by molar-refractivity contribution is -0.385. The first-order valence-electron chi connectivity index (χ1n) is 6.60. The Hall–Kier alpha value is -3.03. The summed E-state index contributed by atoms with van der Waals surface area (Å²) in [6, 6.07) is 6.64. The van der Waals surface area contributed by atoms with Crippen molar-refractivity contribution in [3.8, 4) is 5.75 Å². The van der Waals surface area contributed by atoms with Gasteiger partial charge in [0.25, 0.3) is 5.91 Å². The van der Waals surface area contributed by atoms with E-state index in [4.69, 9.17) is 4.74 Å². The zero-order valence-electron chi connectivity index (χ0n) is 12.0. The van der Waals surface area contributed by atoms with Gasteiger partial charge >= 0.3 is 5.69 Å². The molecule has 1 amide bonds. The lowest BCUT2D eigenvalue weighted by Crippen LogP contribution is -2.14. The molecular weight excluding hydrogens is 310 g/mol.